The quantitative estimate of drug-likeness (QED) is 0.238. The van der Waals surface area contributed by atoms with E-state index < -0.39 is 0 Å². The van der Waals surface area contributed by atoms with E-state index in [-0.39, 0.29) is 5.41 Å². The molecule has 0 saturated carbocycles. The minimum atomic E-state index is -0.314. The molecule has 1 aliphatic rings. The van der Waals surface area contributed by atoms with Crippen LogP contribution in [-0.4, -0.2) is 0 Å². The summed E-state index contributed by atoms with van der Waals surface area (Å²) in [5, 5.41) is 0. The van der Waals surface area contributed by atoms with Crippen LogP contribution in [0.15, 0.2) is 72.8 Å². The summed E-state index contributed by atoms with van der Waals surface area (Å²) in [6, 6.07) is 28.8. The number of hydrogen-bond donors (Lipinski definition) is 0. The van der Waals surface area contributed by atoms with Crippen LogP contribution in [0.25, 0.3) is 11.1 Å². The van der Waals surface area contributed by atoms with Crippen molar-refractivity contribution in [3.05, 3.63) is 128 Å². The molecule has 0 heteroatoms. The highest BCUT2D eigenvalue weighted by Crippen LogP contribution is 2.57. The van der Waals surface area contributed by atoms with Crippen LogP contribution in [0.3, 0.4) is 0 Å². The minimum Gasteiger partial charge on any atom is -0.0651 e. The molecule has 0 radical (unpaired) electrons. The van der Waals surface area contributed by atoms with Gasteiger partial charge in [-0.05, 0) is 85.0 Å². The Bertz CT molecular complexity index is 1290. The van der Waals surface area contributed by atoms with Crippen LogP contribution in [0.5, 0.6) is 0 Å². The highest BCUT2D eigenvalue weighted by molar-refractivity contribution is 5.87. The largest absolute Gasteiger partial charge is 0.0714 e. The molecule has 0 unspecified atom stereocenters. The van der Waals surface area contributed by atoms with Gasteiger partial charge in [0, 0.05) is 0 Å². The highest BCUT2D eigenvalue weighted by atomic mass is 14.5. The van der Waals surface area contributed by atoms with Crippen molar-refractivity contribution in [3.8, 4) is 11.1 Å². The summed E-state index contributed by atoms with van der Waals surface area (Å²) >= 11 is 0. The maximum absolute atomic E-state index is 2.50. The van der Waals surface area contributed by atoms with E-state index in [9.17, 15) is 0 Å². The van der Waals surface area contributed by atoms with E-state index in [2.05, 4.69) is 114 Å². The van der Waals surface area contributed by atoms with Gasteiger partial charge in [-0.3, -0.25) is 0 Å². The summed E-state index contributed by atoms with van der Waals surface area (Å²) in [5.41, 5.74) is 16.3. The fourth-order valence-corrected chi connectivity index (χ4v) is 6.36. The van der Waals surface area contributed by atoms with Crippen molar-refractivity contribution in [2.45, 2.75) is 72.6 Å². The van der Waals surface area contributed by atoms with Gasteiger partial charge in [0.1, 0.15) is 0 Å². The number of benzene rings is 4. The Kier molecular flexibility index (Phi) is 6.18. The van der Waals surface area contributed by atoms with E-state index in [1.165, 1.54) is 66.8 Å². The molecule has 4 aromatic carbocycles. The van der Waals surface area contributed by atoms with E-state index in [0.717, 1.165) is 25.7 Å². The first-order chi connectivity index (χ1) is 16.9. The normalized spacial score (nSPS) is 13.5. The van der Waals surface area contributed by atoms with E-state index in [1.54, 1.807) is 0 Å². The third-order valence-corrected chi connectivity index (χ3v) is 7.67. The average Bonchev–Trinajstić information content (AvgIpc) is 3.08. The first kappa shape index (κ1) is 23.6. The molecule has 0 heterocycles. The molecule has 0 bridgehead atoms. The van der Waals surface area contributed by atoms with Gasteiger partial charge in [-0.15, -0.1) is 0 Å². The van der Waals surface area contributed by atoms with Crippen LogP contribution >= 0.6 is 0 Å². The van der Waals surface area contributed by atoms with Gasteiger partial charge in [-0.2, -0.15) is 0 Å². The lowest BCUT2D eigenvalue weighted by molar-refractivity contribution is 0.756. The molecule has 0 saturated heterocycles. The molecule has 0 aromatic heterocycles. The number of rotatable bonds is 6. The molecule has 0 spiro atoms. The summed E-state index contributed by atoms with van der Waals surface area (Å²) in [7, 11) is 0. The Hall–Kier alpha value is -3.12. The van der Waals surface area contributed by atoms with Crippen molar-refractivity contribution in [2.24, 2.45) is 0 Å². The predicted octanol–water partition coefficient (Wildman–Crippen LogP) is 9.19. The average molecular weight is 459 g/mol. The van der Waals surface area contributed by atoms with Gasteiger partial charge in [-0.1, -0.05) is 122 Å². The van der Waals surface area contributed by atoms with Gasteiger partial charge >= 0.3 is 0 Å². The third kappa shape index (κ3) is 3.94. The summed E-state index contributed by atoms with van der Waals surface area (Å²) < 4.78 is 0. The second-order valence-corrected chi connectivity index (χ2v) is 10.8. The van der Waals surface area contributed by atoms with Crippen molar-refractivity contribution in [1.82, 2.24) is 0 Å². The summed E-state index contributed by atoms with van der Waals surface area (Å²) in [6.45, 7) is 13.6. The first-order valence-electron chi connectivity index (χ1n) is 13.3. The fraction of sp³-hybridized carbons (Fsp3) is 0.314. The zero-order valence-corrected chi connectivity index (χ0v) is 22.3. The van der Waals surface area contributed by atoms with E-state index in [0.29, 0.717) is 0 Å². The number of hydrogen-bond acceptors (Lipinski definition) is 0. The molecule has 0 aliphatic heterocycles. The minimum absolute atomic E-state index is 0.314. The molecule has 0 N–H and O–H groups in total. The van der Waals surface area contributed by atoms with Gasteiger partial charge in [-0.25, -0.2) is 0 Å². The van der Waals surface area contributed by atoms with Gasteiger partial charge in [0.05, 0.1) is 5.41 Å². The Balaban J connectivity index is 1.96. The monoisotopic (exact) mass is 458 g/mol. The Morgan fingerprint density at radius 3 is 1.31 bits per heavy atom. The third-order valence-electron chi connectivity index (χ3n) is 7.67. The summed E-state index contributed by atoms with van der Waals surface area (Å²) in [6.07, 6.45) is 4.54. The zero-order chi connectivity index (χ0) is 24.7. The topological polar surface area (TPSA) is 0 Å². The molecular weight excluding hydrogens is 420 g/mol. The van der Waals surface area contributed by atoms with Crippen molar-refractivity contribution in [3.63, 3.8) is 0 Å². The molecule has 0 nitrogen and oxygen atoms in total. The number of fused-ring (bicyclic) bond motifs is 3. The predicted molar refractivity (Wildman–Crippen MR) is 151 cm³/mol. The van der Waals surface area contributed by atoms with Gasteiger partial charge < -0.3 is 0 Å². The maximum Gasteiger partial charge on any atom is 0.0714 e. The van der Waals surface area contributed by atoms with E-state index in [1.807, 2.05) is 0 Å². The lowest BCUT2D eigenvalue weighted by Gasteiger charge is -2.35. The second kappa shape index (κ2) is 9.15. The molecule has 0 fully saturated rings. The van der Waals surface area contributed by atoms with Crippen LogP contribution in [0.1, 0.15) is 82.3 Å². The summed E-state index contributed by atoms with van der Waals surface area (Å²) in [5.74, 6) is 0. The van der Waals surface area contributed by atoms with Gasteiger partial charge in [0.25, 0.3) is 0 Å². The molecule has 0 atom stereocenters. The van der Waals surface area contributed by atoms with Crippen LogP contribution < -0.4 is 0 Å². The molecular formula is C35H38. The highest BCUT2D eigenvalue weighted by Gasteiger charge is 2.46. The fourth-order valence-electron chi connectivity index (χ4n) is 6.36. The maximum atomic E-state index is 2.50. The van der Waals surface area contributed by atoms with E-state index >= 15 is 0 Å². The number of aryl methyl sites for hydroxylation is 6. The van der Waals surface area contributed by atoms with Crippen LogP contribution in [0, 0.1) is 27.7 Å². The molecule has 5 rings (SSSR count). The van der Waals surface area contributed by atoms with Gasteiger partial charge in [0.15, 0.2) is 0 Å². The second-order valence-electron chi connectivity index (χ2n) is 10.8. The SMILES string of the molecule is CCCc1cc(C)cc(C2(c3cc(C)cc(CCC)c3)c3cc(C)ccc3-c3ccc(C)cc32)c1. The first-order valence-corrected chi connectivity index (χ1v) is 13.3. The van der Waals surface area contributed by atoms with Crippen molar-refractivity contribution < 1.29 is 0 Å². The van der Waals surface area contributed by atoms with Crippen molar-refractivity contribution in [1.29, 1.82) is 0 Å². The lowest BCUT2D eigenvalue weighted by atomic mass is 9.66. The van der Waals surface area contributed by atoms with Crippen molar-refractivity contribution >= 4 is 0 Å². The summed E-state index contributed by atoms with van der Waals surface area (Å²) in [4.78, 5) is 0. The Morgan fingerprint density at radius 1 is 0.486 bits per heavy atom. The van der Waals surface area contributed by atoms with Crippen LogP contribution in [0.4, 0.5) is 0 Å². The van der Waals surface area contributed by atoms with Crippen LogP contribution in [0.2, 0.25) is 0 Å². The van der Waals surface area contributed by atoms with E-state index in [4.69, 9.17) is 0 Å². The zero-order valence-electron chi connectivity index (χ0n) is 22.3. The smallest absolute Gasteiger partial charge is 0.0651 e. The molecule has 0 amide bonds. The molecule has 35 heavy (non-hydrogen) atoms. The lowest BCUT2D eigenvalue weighted by Crippen LogP contribution is -2.29. The molecule has 1 aliphatic carbocycles. The van der Waals surface area contributed by atoms with Crippen LogP contribution in [-0.2, 0) is 18.3 Å². The van der Waals surface area contributed by atoms with Gasteiger partial charge in [0.2, 0.25) is 0 Å². The Labute approximate surface area is 212 Å². The molecule has 178 valence electrons. The standard InChI is InChI=1S/C35H38/c1-7-9-27-15-25(5)17-29(21-27)35(30-18-26(6)16-28(22-30)10-8-2)33-19-23(3)11-13-31(33)32-14-12-24(4)20-34(32)35/h11-22H,7-10H2,1-6H3. The Morgan fingerprint density at radius 2 is 0.914 bits per heavy atom. The molecule has 4 aromatic rings. The van der Waals surface area contributed by atoms with Crippen molar-refractivity contribution in [2.75, 3.05) is 0 Å².